The molecular weight excluding hydrogens is 230 g/mol. The van der Waals surface area contributed by atoms with Gasteiger partial charge in [-0.05, 0) is 12.0 Å². The quantitative estimate of drug-likeness (QED) is 0.576. The molecule has 1 aromatic rings. The van der Waals surface area contributed by atoms with Crippen LogP contribution in [0.25, 0.3) is 0 Å². The van der Waals surface area contributed by atoms with Gasteiger partial charge in [-0.15, -0.1) is 0 Å². The molecular formula is C12H21N5O. The maximum atomic E-state index is 8.84. The number of aryl methyl sites for hydroxylation is 1. The van der Waals surface area contributed by atoms with E-state index in [0.29, 0.717) is 12.5 Å². The maximum absolute atomic E-state index is 8.84. The largest absolute Gasteiger partial charge is 0.395 e. The van der Waals surface area contributed by atoms with E-state index in [0.717, 1.165) is 25.5 Å². The summed E-state index contributed by atoms with van der Waals surface area (Å²) in [6, 6.07) is 0. The number of rotatable bonds is 3. The summed E-state index contributed by atoms with van der Waals surface area (Å²) in [5.74, 6) is 1.39. The lowest BCUT2D eigenvalue weighted by atomic mass is 10.0. The third-order valence-electron chi connectivity index (χ3n) is 3.29. The Hall–Kier alpha value is -1.56. The van der Waals surface area contributed by atoms with E-state index in [-0.39, 0.29) is 6.61 Å². The van der Waals surface area contributed by atoms with Crippen molar-refractivity contribution in [3.05, 3.63) is 18.0 Å². The van der Waals surface area contributed by atoms with E-state index < -0.39 is 0 Å². The summed E-state index contributed by atoms with van der Waals surface area (Å²) < 4.78 is 1.84. The van der Waals surface area contributed by atoms with Gasteiger partial charge < -0.3 is 15.3 Å². The lowest BCUT2D eigenvalue weighted by Crippen LogP contribution is -2.41. The smallest absolute Gasteiger partial charge is 0.193 e. The second-order valence-corrected chi connectivity index (χ2v) is 4.58. The fraction of sp³-hybridized carbons (Fsp3) is 0.667. The van der Waals surface area contributed by atoms with E-state index in [1.165, 1.54) is 5.56 Å². The van der Waals surface area contributed by atoms with Crippen molar-refractivity contribution in [2.75, 3.05) is 33.3 Å². The molecule has 0 amide bonds. The van der Waals surface area contributed by atoms with Gasteiger partial charge in [-0.25, -0.2) is 0 Å². The molecule has 1 unspecified atom stereocenters. The summed E-state index contributed by atoms with van der Waals surface area (Å²) in [4.78, 5) is 6.47. The minimum Gasteiger partial charge on any atom is -0.395 e. The Bertz CT molecular complexity index is 414. The molecule has 1 aromatic heterocycles. The third-order valence-corrected chi connectivity index (χ3v) is 3.29. The van der Waals surface area contributed by atoms with E-state index in [1.54, 1.807) is 7.05 Å². The number of aliphatic hydroxyl groups is 1. The number of aromatic nitrogens is 2. The van der Waals surface area contributed by atoms with E-state index in [4.69, 9.17) is 5.11 Å². The number of nitrogens with zero attached hydrogens (tertiary/aromatic N) is 4. The molecule has 2 rings (SSSR count). The lowest BCUT2D eigenvalue weighted by Gasteiger charge is -2.21. The van der Waals surface area contributed by atoms with Gasteiger partial charge in [0.2, 0.25) is 0 Å². The molecule has 0 aromatic carbocycles. The Morgan fingerprint density at radius 1 is 1.67 bits per heavy atom. The van der Waals surface area contributed by atoms with Gasteiger partial charge in [0.1, 0.15) is 0 Å². The molecule has 1 fully saturated rings. The van der Waals surface area contributed by atoms with E-state index in [2.05, 4.69) is 26.5 Å². The van der Waals surface area contributed by atoms with E-state index >= 15 is 0 Å². The summed E-state index contributed by atoms with van der Waals surface area (Å²) in [6.45, 7) is 2.61. The summed E-state index contributed by atoms with van der Waals surface area (Å²) in [5, 5.41) is 16.2. The van der Waals surface area contributed by atoms with Gasteiger partial charge in [0.25, 0.3) is 0 Å². The molecule has 1 aliphatic rings. The molecule has 6 nitrogen and oxygen atoms in total. The highest BCUT2D eigenvalue weighted by atomic mass is 16.3. The molecule has 1 atom stereocenters. The number of likely N-dealkylation sites (tertiary alicyclic amines) is 1. The number of hydrogen-bond donors (Lipinski definition) is 2. The molecule has 6 heteroatoms. The number of guanidine groups is 1. The summed E-state index contributed by atoms with van der Waals surface area (Å²) in [6.07, 6.45) is 5.14. The molecule has 2 N–H and O–H groups in total. The van der Waals surface area contributed by atoms with Gasteiger partial charge in [-0.3, -0.25) is 9.67 Å². The van der Waals surface area contributed by atoms with Crippen LogP contribution in [-0.4, -0.2) is 59.0 Å². The zero-order valence-electron chi connectivity index (χ0n) is 11.0. The van der Waals surface area contributed by atoms with Crippen molar-refractivity contribution >= 4 is 5.96 Å². The first-order chi connectivity index (χ1) is 8.74. The highest BCUT2D eigenvalue weighted by Crippen LogP contribution is 2.26. The topological polar surface area (TPSA) is 65.7 Å². The van der Waals surface area contributed by atoms with Crippen LogP contribution in [0.4, 0.5) is 0 Å². The predicted octanol–water partition coefficient (Wildman–Crippen LogP) is -0.223. The normalized spacial score (nSPS) is 20.5. The van der Waals surface area contributed by atoms with Crippen molar-refractivity contribution < 1.29 is 5.11 Å². The second kappa shape index (κ2) is 5.86. The van der Waals surface area contributed by atoms with Crippen molar-refractivity contribution in [1.29, 1.82) is 0 Å². The first-order valence-corrected chi connectivity index (χ1v) is 6.29. The molecule has 1 aliphatic heterocycles. The van der Waals surface area contributed by atoms with Crippen molar-refractivity contribution in [1.82, 2.24) is 20.0 Å². The van der Waals surface area contributed by atoms with Crippen molar-refractivity contribution in [2.45, 2.75) is 12.3 Å². The Morgan fingerprint density at radius 2 is 2.50 bits per heavy atom. The Morgan fingerprint density at radius 3 is 3.11 bits per heavy atom. The van der Waals surface area contributed by atoms with Crippen LogP contribution in [-0.2, 0) is 7.05 Å². The van der Waals surface area contributed by atoms with Crippen LogP contribution in [0.15, 0.2) is 17.4 Å². The fourth-order valence-corrected chi connectivity index (χ4v) is 2.38. The number of aliphatic imine (C=N–C) groups is 1. The number of aliphatic hydroxyl groups excluding tert-OH is 1. The molecule has 2 heterocycles. The predicted molar refractivity (Wildman–Crippen MR) is 70.6 cm³/mol. The number of hydrogen-bond acceptors (Lipinski definition) is 3. The van der Waals surface area contributed by atoms with Crippen LogP contribution < -0.4 is 5.32 Å². The van der Waals surface area contributed by atoms with Gasteiger partial charge in [-0.2, -0.15) is 5.10 Å². The van der Waals surface area contributed by atoms with Crippen LogP contribution >= 0.6 is 0 Å². The average Bonchev–Trinajstić information content (AvgIpc) is 2.99. The minimum absolute atomic E-state index is 0.124. The average molecular weight is 251 g/mol. The second-order valence-electron chi connectivity index (χ2n) is 4.58. The van der Waals surface area contributed by atoms with Gasteiger partial charge in [-0.1, -0.05) is 0 Å². The van der Waals surface area contributed by atoms with Gasteiger partial charge in [0.15, 0.2) is 5.96 Å². The fourth-order valence-electron chi connectivity index (χ4n) is 2.38. The highest BCUT2D eigenvalue weighted by Gasteiger charge is 2.26. The molecule has 100 valence electrons. The number of nitrogens with one attached hydrogen (secondary N) is 1. The van der Waals surface area contributed by atoms with Crippen molar-refractivity contribution in [2.24, 2.45) is 12.0 Å². The molecule has 0 radical (unpaired) electrons. The first-order valence-electron chi connectivity index (χ1n) is 6.29. The Balaban J connectivity index is 1.95. The standard InChI is InChI=1S/C12H21N5O/c1-13-12(14-4-6-18)17-5-3-10(9-17)11-7-15-16(2)8-11/h7-8,10,18H,3-6,9H2,1-2H3,(H,13,14). The molecule has 0 aliphatic carbocycles. The minimum atomic E-state index is 0.124. The summed E-state index contributed by atoms with van der Waals surface area (Å²) >= 11 is 0. The summed E-state index contributed by atoms with van der Waals surface area (Å²) in [7, 11) is 3.72. The van der Waals surface area contributed by atoms with E-state index in [9.17, 15) is 0 Å². The molecule has 18 heavy (non-hydrogen) atoms. The van der Waals surface area contributed by atoms with Gasteiger partial charge >= 0.3 is 0 Å². The van der Waals surface area contributed by atoms with Gasteiger partial charge in [0, 0.05) is 45.8 Å². The van der Waals surface area contributed by atoms with Crippen LogP contribution in [0, 0.1) is 0 Å². The Labute approximate surface area is 107 Å². The molecule has 1 saturated heterocycles. The van der Waals surface area contributed by atoms with Crippen LogP contribution in [0.5, 0.6) is 0 Å². The molecule has 0 spiro atoms. The zero-order valence-corrected chi connectivity index (χ0v) is 11.0. The highest BCUT2D eigenvalue weighted by molar-refractivity contribution is 5.80. The van der Waals surface area contributed by atoms with Crippen molar-refractivity contribution in [3.63, 3.8) is 0 Å². The molecule has 0 saturated carbocycles. The summed E-state index contributed by atoms with van der Waals surface area (Å²) in [5.41, 5.74) is 1.29. The monoisotopic (exact) mass is 251 g/mol. The van der Waals surface area contributed by atoms with Gasteiger partial charge in [0.05, 0.1) is 12.8 Å². The zero-order chi connectivity index (χ0) is 13.0. The molecule has 0 bridgehead atoms. The Kier molecular flexibility index (Phi) is 4.19. The third kappa shape index (κ3) is 2.81. The van der Waals surface area contributed by atoms with Crippen LogP contribution in [0.1, 0.15) is 17.9 Å². The van der Waals surface area contributed by atoms with Crippen LogP contribution in [0.3, 0.4) is 0 Å². The lowest BCUT2D eigenvalue weighted by molar-refractivity contribution is 0.297. The SMILES string of the molecule is CN=C(NCCO)N1CCC(c2cnn(C)c2)C1. The van der Waals surface area contributed by atoms with E-state index in [1.807, 2.05) is 17.9 Å². The first kappa shape index (κ1) is 12.9. The van der Waals surface area contributed by atoms with Crippen molar-refractivity contribution in [3.8, 4) is 0 Å². The maximum Gasteiger partial charge on any atom is 0.193 e. The van der Waals surface area contributed by atoms with Crippen LogP contribution in [0.2, 0.25) is 0 Å².